The summed E-state index contributed by atoms with van der Waals surface area (Å²) in [4.78, 5) is 11.0. The number of hydrogen-bond donors (Lipinski definition) is 0. The molecule has 0 N–H and O–H groups in total. The summed E-state index contributed by atoms with van der Waals surface area (Å²) in [5.41, 5.74) is 0. The maximum Gasteiger partial charge on any atom is 0.302 e. The molecule has 0 aromatic rings. The standard InChI is InChI=1S/C15H24O2/c1-8-4-11-6-12(8)13-5-9(2)14(15(11)13)7-17-10(3)16/h8-9,11-15H,4-7H2,1-3H3. The lowest BCUT2D eigenvalue weighted by molar-refractivity contribution is -0.143. The fourth-order valence-electron chi connectivity index (χ4n) is 5.35. The Balaban J connectivity index is 1.72. The van der Waals surface area contributed by atoms with Gasteiger partial charge in [0.2, 0.25) is 0 Å². The predicted molar refractivity (Wildman–Crippen MR) is 66.3 cm³/mol. The second-order valence-corrected chi connectivity index (χ2v) is 6.79. The van der Waals surface area contributed by atoms with Crippen LogP contribution in [0.25, 0.3) is 0 Å². The lowest BCUT2D eigenvalue weighted by Gasteiger charge is -2.32. The highest BCUT2D eigenvalue weighted by atomic mass is 16.5. The van der Waals surface area contributed by atoms with Crippen molar-refractivity contribution in [3.8, 4) is 0 Å². The lowest BCUT2D eigenvalue weighted by Crippen LogP contribution is -2.29. The van der Waals surface area contributed by atoms with E-state index < -0.39 is 0 Å². The summed E-state index contributed by atoms with van der Waals surface area (Å²) in [6.45, 7) is 7.00. The topological polar surface area (TPSA) is 26.3 Å². The zero-order valence-corrected chi connectivity index (χ0v) is 11.2. The van der Waals surface area contributed by atoms with Gasteiger partial charge in [-0.3, -0.25) is 4.79 Å². The van der Waals surface area contributed by atoms with Crippen LogP contribution in [0.3, 0.4) is 0 Å². The van der Waals surface area contributed by atoms with Gasteiger partial charge in [0, 0.05) is 6.92 Å². The Bertz CT molecular complexity index is 325. The minimum absolute atomic E-state index is 0.114. The van der Waals surface area contributed by atoms with Crippen molar-refractivity contribution in [3.63, 3.8) is 0 Å². The number of rotatable bonds is 2. The first kappa shape index (κ1) is 11.6. The lowest BCUT2D eigenvalue weighted by atomic mass is 9.74. The van der Waals surface area contributed by atoms with E-state index in [9.17, 15) is 4.79 Å². The summed E-state index contributed by atoms with van der Waals surface area (Å²) >= 11 is 0. The van der Waals surface area contributed by atoms with Crippen molar-refractivity contribution in [2.45, 2.75) is 40.0 Å². The van der Waals surface area contributed by atoms with E-state index in [2.05, 4.69) is 13.8 Å². The summed E-state index contributed by atoms with van der Waals surface area (Å²) in [7, 11) is 0. The van der Waals surface area contributed by atoms with Crippen molar-refractivity contribution < 1.29 is 9.53 Å². The van der Waals surface area contributed by atoms with E-state index in [1.54, 1.807) is 0 Å². The van der Waals surface area contributed by atoms with Crippen molar-refractivity contribution in [1.29, 1.82) is 0 Å². The summed E-state index contributed by atoms with van der Waals surface area (Å²) in [6, 6.07) is 0. The zero-order chi connectivity index (χ0) is 12.2. The number of hydrogen-bond acceptors (Lipinski definition) is 2. The van der Waals surface area contributed by atoms with Gasteiger partial charge in [-0.25, -0.2) is 0 Å². The predicted octanol–water partition coefficient (Wildman–Crippen LogP) is 3.11. The zero-order valence-electron chi connectivity index (χ0n) is 11.2. The molecule has 3 rings (SSSR count). The Hall–Kier alpha value is -0.530. The fourth-order valence-corrected chi connectivity index (χ4v) is 5.35. The molecule has 0 aromatic heterocycles. The highest BCUT2D eigenvalue weighted by molar-refractivity contribution is 5.65. The van der Waals surface area contributed by atoms with Gasteiger partial charge in [0.05, 0.1) is 6.61 Å². The molecule has 7 atom stereocenters. The number of esters is 1. The number of carbonyl (C=O) groups excluding carboxylic acids is 1. The van der Waals surface area contributed by atoms with E-state index in [1.807, 2.05) is 0 Å². The highest BCUT2D eigenvalue weighted by Gasteiger charge is 2.57. The summed E-state index contributed by atoms with van der Waals surface area (Å²) in [5, 5.41) is 0. The van der Waals surface area contributed by atoms with Crippen LogP contribution in [0.4, 0.5) is 0 Å². The largest absolute Gasteiger partial charge is 0.466 e. The third-order valence-corrected chi connectivity index (χ3v) is 5.92. The Kier molecular flexibility index (Phi) is 2.72. The average molecular weight is 236 g/mol. The molecule has 0 saturated heterocycles. The molecule has 0 aliphatic heterocycles. The van der Waals surface area contributed by atoms with Crippen molar-refractivity contribution in [2.24, 2.45) is 41.4 Å². The first-order valence-corrected chi connectivity index (χ1v) is 7.21. The second kappa shape index (κ2) is 4.00. The third-order valence-electron chi connectivity index (χ3n) is 5.92. The van der Waals surface area contributed by atoms with E-state index in [0.717, 1.165) is 35.5 Å². The molecule has 0 radical (unpaired) electrons. The van der Waals surface area contributed by atoms with Crippen molar-refractivity contribution in [1.82, 2.24) is 0 Å². The fraction of sp³-hybridized carbons (Fsp3) is 0.933. The molecule has 7 unspecified atom stereocenters. The van der Waals surface area contributed by atoms with Crippen LogP contribution < -0.4 is 0 Å². The second-order valence-electron chi connectivity index (χ2n) is 6.79. The number of fused-ring (bicyclic) bond motifs is 5. The maximum absolute atomic E-state index is 11.0. The Labute approximate surface area is 104 Å². The first-order chi connectivity index (χ1) is 8.08. The molecule has 2 nitrogen and oxygen atoms in total. The molecular weight excluding hydrogens is 212 g/mol. The number of carbonyl (C=O) groups is 1. The Morgan fingerprint density at radius 1 is 1.12 bits per heavy atom. The molecule has 0 amide bonds. The number of ether oxygens (including phenoxy) is 1. The van der Waals surface area contributed by atoms with Crippen molar-refractivity contribution >= 4 is 5.97 Å². The maximum atomic E-state index is 11.0. The first-order valence-electron chi connectivity index (χ1n) is 7.21. The SMILES string of the molecule is CC(=O)OCC1C(C)CC2C3CC(CC3C)C12. The quantitative estimate of drug-likeness (QED) is 0.689. The molecule has 96 valence electrons. The van der Waals surface area contributed by atoms with Crippen LogP contribution in [0.5, 0.6) is 0 Å². The summed E-state index contributed by atoms with van der Waals surface area (Å²) in [5.74, 6) is 5.95. The van der Waals surface area contributed by atoms with Gasteiger partial charge in [-0.1, -0.05) is 13.8 Å². The van der Waals surface area contributed by atoms with Gasteiger partial charge < -0.3 is 4.74 Å². The molecule has 3 aliphatic rings. The highest BCUT2D eigenvalue weighted by Crippen LogP contribution is 2.63. The van der Waals surface area contributed by atoms with E-state index in [1.165, 1.54) is 26.2 Å². The van der Waals surface area contributed by atoms with Crippen LogP contribution in [-0.2, 0) is 9.53 Å². The molecule has 0 heterocycles. The van der Waals surface area contributed by atoms with Crippen molar-refractivity contribution in [3.05, 3.63) is 0 Å². The van der Waals surface area contributed by atoms with Gasteiger partial charge in [-0.2, -0.15) is 0 Å². The Morgan fingerprint density at radius 3 is 2.59 bits per heavy atom. The summed E-state index contributed by atoms with van der Waals surface area (Å²) in [6.07, 6.45) is 4.26. The van der Waals surface area contributed by atoms with Gasteiger partial charge in [-0.15, -0.1) is 0 Å². The van der Waals surface area contributed by atoms with Gasteiger partial charge in [0.25, 0.3) is 0 Å². The van der Waals surface area contributed by atoms with Gasteiger partial charge >= 0.3 is 5.97 Å². The molecule has 3 saturated carbocycles. The van der Waals surface area contributed by atoms with E-state index in [0.29, 0.717) is 12.5 Å². The molecule has 0 aromatic carbocycles. The Morgan fingerprint density at radius 2 is 1.88 bits per heavy atom. The van der Waals surface area contributed by atoms with Crippen LogP contribution >= 0.6 is 0 Å². The third kappa shape index (κ3) is 1.71. The molecular formula is C15H24O2. The molecule has 3 fully saturated rings. The van der Waals surface area contributed by atoms with Crippen LogP contribution in [0.2, 0.25) is 0 Å². The van der Waals surface area contributed by atoms with Crippen molar-refractivity contribution in [2.75, 3.05) is 6.61 Å². The smallest absolute Gasteiger partial charge is 0.302 e. The van der Waals surface area contributed by atoms with Crippen LogP contribution in [-0.4, -0.2) is 12.6 Å². The monoisotopic (exact) mass is 236 g/mol. The average Bonchev–Trinajstić information content (AvgIpc) is 2.84. The molecule has 0 spiro atoms. The summed E-state index contributed by atoms with van der Waals surface area (Å²) < 4.78 is 5.30. The van der Waals surface area contributed by atoms with Crippen LogP contribution in [0, 0.1) is 41.4 Å². The molecule has 2 heteroatoms. The normalized spacial score (nSPS) is 51.6. The minimum atomic E-state index is -0.114. The molecule has 3 aliphatic carbocycles. The van der Waals surface area contributed by atoms with E-state index in [-0.39, 0.29) is 5.97 Å². The van der Waals surface area contributed by atoms with E-state index in [4.69, 9.17) is 4.74 Å². The molecule has 2 bridgehead atoms. The van der Waals surface area contributed by atoms with Gasteiger partial charge in [0.15, 0.2) is 0 Å². The van der Waals surface area contributed by atoms with Gasteiger partial charge in [0.1, 0.15) is 0 Å². The van der Waals surface area contributed by atoms with Crippen LogP contribution in [0.15, 0.2) is 0 Å². The van der Waals surface area contributed by atoms with Crippen LogP contribution in [0.1, 0.15) is 40.0 Å². The minimum Gasteiger partial charge on any atom is -0.466 e. The van der Waals surface area contributed by atoms with Gasteiger partial charge in [-0.05, 0) is 60.7 Å². The molecule has 17 heavy (non-hydrogen) atoms. The van der Waals surface area contributed by atoms with E-state index >= 15 is 0 Å².